The molecule has 0 aliphatic heterocycles. The molecular weight excluding hydrogens is 703 g/mol. The zero-order valence-electron chi connectivity index (χ0n) is 31.5. The fourth-order valence-electron chi connectivity index (χ4n) is 8.67. The van der Waals surface area contributed by atoms with E-state index in [-0.39, 0.29) is 0 Å². The van der Waals surface area contributed by atoms with Crippen molar-refractivity contribution in [2.75, 3.05) is 0 Å². The molecule has 9 aromatic carbocycles. The quantitative estimate of drug-likeness (QED) is 0.160. The van der Waals surface area contributed by atoms with Gasteiger partial charge in [-0.15, -0.1) is 0 Å². The Hall–Kier alpha value is -7.75. The molecule has 0 unspecified atom stereocenters. The molecule has 11 aromatic rings. The van der Waals surface area contributed by atoms with Crippen molar-refractivity contribution in [1.82, 2.24) is 15.0 Å². The van der Waals surface area contributed by atoms with Gasteiger partial charge in [-0.3, -0.25) is 4.98 Å². The average Bonchev–Trinajstić information content (AvgIpc) is 3.31. The van der Waals surface area contributed by atoms with E-state index in [0.717, 1.165) is 50.2 Å². The van der Waals surface area contributed by atoms with Crippen LogP contribution in [0, 0.1) is 0 Å². The molecule has 0 spiro atoms. The monoisotopic (exact) mass is 737 g/mol. The van der Waals surface area contributed by atoms with E-state index in [4.69, 9.17) is 9.97 Å². The van der Waals surface area contributed by atoms with Crippen LogP contribution in [-0.4, -0.2) is 15.0 Å². The van der Waals surface area contributed by atoms with Gasteiger partial charge in [0.05, 0.1) is 22.4 Å². The van der Waals surface area contributed by atoms with Crippen molar-refractivity contribution in [1.29, 1.82) is 0 Å². The minimum atomic E-state index is 0.876. The Morgan fingerprint density at radius 2 is 0.690 bits per heavy atom. The van der Waals surface area contributed by atoms with Gasteiger partial charge in [-0.05, 0) is 95.0 Å². The molecule has 0 bridgehead atoms. The molecule has 11 rings (SSSR count). The Morgan fingerprint density at radius 1 is 0.259 bits per heavy atom. The second-order valence-electron chi connectivity index (χ2n) is 14.7. The maximum absolute atomic E-state index is 5.17. The summed E-state index contributed by atoms with van der Waals surface area (Å²) in [5, 5.41) is 7.36. The van der Waals surface area contributed by atoms with Crippen LogP contribution in [-0.2, 0) is 0 Å². The van der Waals surface area contributed by atoms with Gasteiger partial charge in [-0.25, -0.2) is 9.97 Å². The number of pyridine rings is 1. The molecule has 0 saturated heterocycles. The molecule has 0 fully saturated rings. The summed E-state index contributed by atoms with van der Waals surface area (Å²) in [5.74, 6) is 0. The highest BCUT2D eigenvalue weighted by Crippen LogP contribution is 2.47. The number of hydrogen-bond acceptors (Lipinski definition) is 3. The van der Waals surface area contributed by atoms with Crippen molar-refractivity contribution in [3.05, 3.63) is 213 Å². The first-order chi connectivity index (χ1) is 28.8. The second kappa shape index (κ2) is 14.1. The third-order valence-electron chi connectivity index (χ3n) is 11.4. The highest BCUT2D eigenvalue weighted by atomic mass is 14.8. The standard InChI is InChI=1S/C55H35N3/c1-2-13-39(14-3-1)54-55(58-51-23-11-10-22-50(51)57-54)40-30-28-38(29-31-40)52-45-18-6-8-20-47(45)53(48-21-9-7-19-46(48)52)49-33-32-42(43-16-4-5-17-44(43)49)37-26-24-36(25-27-37)41-15-12-34-56-35-41/h1-35H. The molecule has 0 saturated carbocycles. The van der Waals surface area contributed by atoms with Crippen molar-refractivity contribution < 1.29 is 0 Å². The van der Waals surface area contributed by atoms with Gasteiger partial charge in [0.15, 0.2) is 0 Å². The number of fused-ring (bicyclic) bond motifs is 4. The number of nitrogens with zero attached hydrogens (tertiary/aromatic N) is 3. The summed E-state index contributed by atoms with van der Waals surface area (Å²) in [7, 11) is 0. The van der Waals surface area contributed by atoms with Crippen LogP contribution in [0.3, 0.4) is 0 Å². The molecule has 0 N–H and O–H groups in total. The number of aromatic nitrogens is 3. The lowest BCUT2D eigenvalue weighted by Crippen LogP contribution is -1.95. The van der Waals surface area contributed by atoms with E-state index in [2.05, 4.69) is 169 Å². The highest BCUT2D eigenvalue weighted by molar-refractivity contribution is 6.24. The topological polar surface area (TPSA) is 38.7 Å². The molecule has 0 amide bonds. The average molecular weight is 738 g/mol. The number of para-hydroxylation sites is 2. The molecule has 0 aliphatic rings. The van der Waals surface area contributed by atoms with Crippen LogP contribution in [0.1, 0.15) is 0 Å². The largest absolute Gasteiger partial charge is 0.264 e. The van der Waals surface area contributed by atoms with E-state index in [1.165, 1.54) is 60.1 Å². The lowest BCUT2D eigenvalue weighted by molar-refractivity contribution is 1.29. The molecule has 0 aliphatic carbocycles. The zero-order chi connectivity index (χ0) is 38.4. The molecular formula is C55H35N3. The fraction of sp³-hybridized carbons (Fsp3) is 0. The molecule has 0 radical (unpaired) electrons. The summed E-state index contributed by atoms with van der Waals surface area (Å²) in [5.41, 5.74) is 15.1. The summed E-state index contributed by atoms with van der Waals surface area (Å²) in [4.78, 5) is 14.6. The van der Waals surface area contributed by atoms with E-state index in [1.54, 1.807) is 0 Å². The van der Waals surface area contributed by atoms with Crippen LogP contribution in [0.5, 0.6) is 0 Å². The van der Waals surface area contributed by atoms with Gasteiger partial charge in [0, 0.05) is 23.5 Å². The van der Waals surface area contributed by atoms with Gasteiger partial charge in [0.2, 0.25) is 0 Å². The van der Waals surface area contributed by atoms with E-state index in [1.807, 2.05) is 48.8 Å². The third kappa shape index (κ3) is 5.72. The van der Waals surface area contributed by atoms with Crippen LogP contribution in [0.2, 0.25) is 0 Å². The lowest BCUT2D eigenvalue weighted by Gasteiger charge is -2.20. The van der Waals surface area contributed by atoms with Crippen molar-refractivity contribution >= 4 is 43.4 Å². The van der Waals surface area contributed by atoms with Crippen molar-refractivity contribution in [3.8, 4) is 67.0 Å². The molecule has 2 heterocycles. The summed E-state index contributed by atoms with van der Waals surface area (Å²) < 4.78 is 0. The van der Waals surface area contributed by atoms with E-state index in [9.17, 15) is 0 Å². The Morgan fingerprint density at radius 3 is 1.28 bits per heavy atom. The van der Waals surface area contributed by atoms with E-state index < -0.39 is 0 Å². The first-order valence-corrected chi connectivity index (χ1v) is 19.7. The predicted octanol–water partition coefficient (Wildman–Crippen LogP) is 14.5. The van der Waals surface area contributed by atoms with Gasteiger partial charge in [-0.2, -0.15) is 0 Å². The molecule has 3 heteroatoms. The Labute approximate surface area is 336 Å². The molecule has 58 heavy (non-hydrogen) atoms. The first kappa shape index (κ1) is 33.6. The van der Waals surface area contributed by atoms with Crippen LogP contribution in [0.15, 0.2) is 213 Å². The van der Waals surface area contributed by atoms with Crippen molar-refractivity contribution in [2.45, 2.75) is 0 Å². The maximum atomic E-state index is 5.17. The smallest absolute Gasteiger partial charge is 0.0973 e. The Kier molecular flexibility index (Phi) is 8.15. The minimum Gasteiger partial charge on any atom is -0.264 e. The van der Waals surface area contributed by atoms with Crippen LogP contribution in [0.25, 0.3) is 110 Å². The Balaban J connectivity index is 1.06. The van der Waals surface area contributed by atoms with E-state index in [0.29, 0.717) is 0 Å². The minimum absolute atomic E-state index is 0.876. The van der Waals surface area contributed by atoms with Crippen molar-refractivity contribution in [3.63, 3.8) is 0 Å². The van der Waals surface area contributed by atoms with Gasteiger partial charge < -0.3 is 0 Å². The number of benzene rings is 9. The summed E-state index contributed by atoms with van der Waals surface area (Å²) in [6.45, 7) is 0. The van der Waals surface area contributed by atoms with Gasteiger partial charge in [0.1, 0.15) is 0 Å². The van der Waals surface area contributed by atoms with Gasteiger partial charge in [-0.1, -0.05) is 182 Å². The van der Waals surface area contributed by atoms with Crippen LogP contribution in [0.4, 0.5) is 0 Å². The maximum Gasteiger partial charge on any atom is 0.0973 e. The SMILES string of the molecule is c1ccc(-c2nc3ccccc3nc2-c2ccc(-c3c4ccccc4c(-c4ccc(-c5ccc(-c6cccnc6)cc5)c5ccccc45)c4ccccc34)cc2)cc1. The molecule has 2 aromatic heterocycles. The van der Waals surface area contributed by atoms with Crippen LogP contribution < -0.4 is 0 Å². The molecule has 270 valence electrons. The highest BCUT2D eigenvalue weighted by Gasteiger charge is 2.20. The first-order valence-electron chi connectivity index (χ1n) is 19.7. The summed E-state index contributed by atoms with van der Waals surface area (Å²) in [6.07, 6.45) is 3.73. The van der Waals surface area contributed by atoms with Gasteiger partial charge >= 0.3 is 0 Å². The predicted molar refractivity (Wildman–Crippen MR) is 242 cm³/mol. The normalized spacial score (nSPS) is 11.4. The Bertz CT molecular complexity index is 3240. The fourth-order valence-corrected chi connectivity index (χ4v) is 8.67. The molecule has 3 nitrogen and oxygen atoms in total. The third-order valence-corrected chi connectivity index (χ3v) is 11.4. The number of hydrogen-bond donors (Lipinski definition) is 0. The van der Waals surface area contributed by atoms with E-state index >= 15 is 0 Å². The zero-order valence-corrected chi connectivity index (χ0v) is 31.5. The van der Waals surface area contributed by atoms with Crippen LogP contribution >= 0.6 is 0 Å². The summed E-state index contributed by atoms with van der Waals surface area (Å²) in [6, 6.07) is 71.5. The molecule has 0 atom stereocenters. The van der Waals surface area contributed by atoms with Gasteiger partial charge in [0.25, 0.3) is 0 Å². The second-order valence-corrected chi connectivity index (χ2v) is 14.7. The van der Waals surface area contributed by atoms with Crippen molar-refractivity contribution in [2.24, 2.45) is 0 Å². The summed E-state index contributed by atoms with van der Waals surface area (Å²) >= 11 is 0. The number of rotatable bonds is 6. The lowest BCUT2D eigenvalue weighted by atomic mass is 9.83.